The van der Waals surface area contributed by atoms with Crippen LogP contribution in [0.3, 0.4) is 0 Å². The second kappa shape index (κ2) is 6.30. The van der Waals surface area contributed by atoms with E-state index in [1.165, 1.54) is 6.26 Å². The molecule has 0 bridgehead atoms. The molecule has 1 aliphatic rings. The molecule has 4 rings (SSSR count). The maximum Gasteiger partial charge on any atom is 0.209 e. The fourth-order valence-electron chi connectivity index (χ4n) is 2.91. The van der Waals surface area contributed by atoms with Crippen molar-refractivity contribution in [2.75, 3.05) is 0 Å². The zero-order chi connectivity index (χ0) is 18.1. The highest BCUT2D eigenvalue weighted by molar-refractivity contribution is 6.25. The van der Waals surface area contributed by atoms with Gasteiger partial charge >= 0.3 is 0 Å². The summed E-state index contributed by atoms with van der Waals surface area (Å²) in [6, 6.07) is 19.5. The summed E-state index contributed by atoms with van der Waals surface area (Å²) in [6.07, 6.45) is 1.54. The second-order valence-electron chi connectivity index (χ2n) is 6.80. The minimum Gasteiger partial charge on any atom is -0.487 e. The van der Waals surface area contributed by atoms with Crippen molar-refractivity contribution < 1.29 is 14.3 Å². The molecule has 26 heavy (non-hydrogen) atoms. The number of ether oxygens (including phenoxy) is 2. The first-order valence-electron chi connectivity index (χ1n) is 8.54. The Hall–Kier alpha value is -3.14. The molecular weight excluding hydrogens is 326 g/mol. The first-order chi connectivity index (χ1) is 12.5. The lowest BCUT2D eigenvalue weighted by molar-refractivity contribution is -0.125. The zero-order valence-electron chi connectivity index (χ0n) is 14.7. The van der Waals surface area contributed by atoms with Crippen molar-refractivity contribution in [3.05, 3.63) is 78.2 Å². The van der Waals surface area contributed by atoms with Crippen LogP contribution in [0.4, 0.5) is 0 Å². The number of Topliss-reactive ketones (excluding diaryl/α,β-unsaturated/α-hetero) is 1. The molecule has 0 unspecified atom stereocenters. The van der Waals surface area contributed by atoms with Gasteiger partial charge < -0.3 is 9.47 Å². The molecular formula is C22H19NO3. The Kier molecular flexibility index (Phi) is 3.96. The monoisotopic (exact) mass is 345 g/mol. The van der Waals surface area contributed by atoms with Crippen molar-refractivity contribution in [1.29, 1.82) is 0 Å². The van der Waals surface area contributed by atoms with Crippen LogP contribution in [0.25, 0.3) is 16.5 Å². The Morgan fingerprint density at radius 1 is 1.00 bits per heavy atom. The summed E-state index contributed by atoms with van der Waals surface area (Å²) in [5.74, 6) is 0.724. The molecule has 3 aromatic rings. The molecule has 4 nitrogen and oxygen atoms in total. The van der Waals surface area contributed by atoms with Gasteiger partial charge in [-0.15, -0.1) is 0 Å². The minimum absolute atomic E-state index is 0.00784. The highest BCUT2D eigenvalue weighted by Crippen LogP contribution is 2.31. The molecule has 0 saturated heterocycles. The fourth-order valence-corrected chi connectivity index (χ4v) is 2.91. The SMILES string of the molecule is CC1(C)OC=C(c2ccc(OCc3ccc4ccccc4n3)cc2)C1=O. The van der Waals surface area contributed by atoms with Crippen molar-refractivity contribution in [3.63, 3.8) is 0 Å². The summed E-state index contributed by atoms with van der Waals surface area (Å²) in [5.41, 5.74) is 2.47. The van der Waals surface area contributed by atoms with Gasteiger partial charge in [-0.25, -0.2) is 4.98 Å². The summed E-state index contributed by atoms with van der Waals surface area (Å²) < 4.78 is 11.3. The highest BCUT2D eigenvalue weighted by atomic mass is 16.5. The minimum atomic E-state index is -0.785. The number of benzene rings is 2. The average molecular weight is 345 g/mol. The van der Waals surface area contributed by atoms with Crippen LogP contribution in [-0.2, 0) is 16.1 Å². The Balaban J connectivity index is 1.45. The first-order valence-corrected chi connectivity index (χ1v) is 8.54. The van der Waals surface area contributed by atoms with Crippen LogP contribution >= 0.6 is 0 Å². The third-order valence-electron chi connectivity index (χ3n) is 4.47. The molecule has 4 heteroatoms. The van der Waals surface area contributed by atoms with Crippen molar-refractivity contribution in [3.8, 4) is 5.75 Å². The molecule has 0 atom stereocenters. The topological polar surface area (TPSA) is 48.4 Å². The maximum atomic E-state index is 12.3. The highest BCUT2D eigenvalue weighted by Gasteiger charge is 2.37. The molecule has 0 aliphatic carbocycles. The predicted molar refractivity (Wildman–Crippen MR) is 101 cm³/mol. The van der Waals surface area contributed by atoms with Gasteiger partial charge in [0.2, 0.25) is 5.78 Å². The number of para-hydroxylation sites is 1. The van der Waals surface area contributed by atoms with E-state index in [1.807, 2.05) is 60.7 Å². The largest absolute Gasteiger partial charge is 0.487 e. The lowest BCUT2D eigenvalue weighted by Crippen LogP contribution is -2.28. The van der Waals surface area contributed by atoms with Gasteiger partial charge in [-0.1, -0.05) is 36.4 Å². The molecule has 0 N–H and O–H groups in total. The van der Waals surface area contributed by atoms with Gasteiger partial charge in [0.1, 0.15) is 12.4 Å². The number of carbonyl (C=O) groups excluding carboxylic acids is 1. The molecule has 2 heterocycles. The molecule has 2 aromatic carbocycles. The lowest BCUT2D eigenvalue weighted by atomic mass is 9.95. The number of aromatic nitrogens is 1. The Labute approximate surface area is 152 Å². The van der Waals surface area contributed by atoms with E-state index in [9.17, 15) is 4.79 Å². The summed E-state index contributed by atoms with van der Waals surface area (Å²) in [4.78, 5) is 16.9. The molecule has 1 aliphatic heterocycles. The number of pyridine rings is 1. The van der Waals surface area contributed by atoms with Crippen LogP contribution in [0, 0.1) is 0 Å². The quantitative estimate of drug-likeness (QED) is 0.697. The van der Waals surface area contributed by atoms with Crippen LogP contribution in [-0.4, -0.2) is 16.4 Å². The third kappa shape index (κ3) is 3.06. The average Bonchev–Trinajstić information content (AvgIpc) is 2.93. The molecule has 1 aromatic heterocycles. The number of ketones is 1. The van der Waals surface area contributed by atoms with Gasteiger partial charge in [0.15, 0.2) is 5.60 Å². The fraction of sp³-hybridized carbons (Fsp3) is 0.182. The van der Waals surface area contributed by atoms with Gasteiger partial charge in [-0.3, -0.25) is 4.79 Å². The standard InChI is InChI=1S/C22H19NO3/c1-22(2)21(24)19(14-26-22)15-8-11-18(12-9-15)25-13-17-10-7-16-5-3-4-6-20(16)23-17/h3-12,14H,13H2,1-2H3. The summed E-state index contributed by atoms with van der Waals surface area (Å²) in [6.45, 7) is 3.93. The summed E-state index contributed by atoms with van der Waals surface area (Å²) >= 11 is 0. The van der Waals surface area contributed by atoms with Gasteiger partial charge in [-0.2, -0.15) is 0 Å². The van der Waals surface area contributed by atoms with E-state index < -0.39 is 5.60 Å². The maximum absolute atomic E-state index is 12.3. The number of carbonyl (C=O) groups is 1. The number of hydrogen-bond acceptors (Lipinski definition) is 4. The normalized spacial score (nSPS) is 15.6. The van der Waals surface area contributed by atoms with Gasteiger partial charge in [0.25, 0.3) is 0 Å². The zero-order valence-corrected chi connectivity index (χ0v) is 14.7. The molecule has 0 radical (unpaired) electrons. The molecule has 130 valence electrons. The van der Waals surface area contributed by atoms with E-state index in [0.29, 0.717) is 12.2 Å². The Morgan fingerprint density at radius 3 is 2.50 bits per heavy atom. The number of hydrogen-bond donors (Lipinski definition) is 0. The number of nitrogens with zero attached hydrogens (tertiary/aromatic N) is 1. The molecule has 0 fully saturated rings. The number of fused-ring (bicyclic) bond motifs is 1. The van der Waals surface area contributed by atoms with E-state index in [1.54, 1.807) is 13.8 Å². The van der Waals surface area contributed by atoms with Crippen LogP contribution in [0.1, 0.15) is 25.1 Å². The van der Waals surface area contributed by atoms with Crippen LogP contribution in [0.15, 0.2) is 66.9 Å². The van der Waals surface area contributed by atoms with E-state index in [2.05, 4.69) is 4.98 Å². The van der Waals surface area contributed by atoms with Crippen LogP contribution in [0.2, 0.25) is 0 Å². The predicted octanol–water partition coefficient (Wildman–Crippen LogP) is 4.53. The van der Waals surface area contributed by atoms with Gasteiger partial charge in [0.05, 0.1) is 23.0 Å². The van der Waals surface area contributed by atoms with Crippen molar-refractivity contribution in [1.82, 2.24) is 4.98 Å². The Morgan fingerprint density at radius 2 is 1.77 bits per heavy atom. The third-order valence-corrected chi connectivity index (χ3v) is 4.47. The number of rotatable bonds is 4. The molecule has 0 saturated carbocycles. The summed E-state index contributed by atoms with van der Waals surface area (Å²) in [5, 5.41) is 1.11. The lowest BCUT2D eigenvalue weighted by Gasteiger charge is -2.15. The van der Waals surface area contributed by atoms with E-state index in [0.717, 1.165) is 27.9 Å². The van der Waals surface area contributed by atoms with E-state index in [-0.39, 0.29) is 5.78 Å². The van der Waals surface area contributed by atoms with Crippen molar-refractivity contribution >= 4 is 22.3 Å². The van der Waals surface area contributed by atoms with Crippen LogP contribution in [0.5, 0.6) is 5.75 Å². The first kappa shape index (κ1) is 16.3. The molecule has 0 amide bonds. The smallest absolute Gasteiger partial charge is 0.209 e. The Bertz CT molecular complexity index is 1000. The van der Waals surface area contributed by atoms with E-state index in [4.69, 9.17) is 9.47 Å². The second-order valence-corrected chi connectivity index (χ2v) is 6.80. The van der Waals surface area contributed by atoms with Crippen molar-refractivity contribution in [2.24, 2.45) is 0 Å². The molecule has 0 spiro atoms. The summed E-state index contributed by atoms with van der Waals surface area (Å²) in [7, 11) is 0. The van der Waals surface area contributed by atoms with E-state index >= 15 is 0 Å². The van der Waals surface area contributed by atoms with Crippen LogP contribution < -0.4 is 4.74 Å². The van der Waals surface area contributed by atoms with Gasteiger partial charge in [-0.05, 0) is 43.7 Å². The van der Waals surface area contributed by atoms with Crippen molar-refractivity contribution in [2.45, 2.75) is 26.1 Å². The van der Waals surface area contributed by atoms with Gasteiger partial charge in [0, 0.05) is 5.39 Å².